The molecule has 0 fully saturated rings. The molecule has 1 N–H and O–H groups in total. The van der Waals surface area contributed by atoms with Crippen LogP contribution in [0, 0.1) is 0 Å². The van der Waals surface area contributed by atoms with Crippen LogP contribution >= 0.6 is 11.6 Å². The smallest absolute Gasteiger partial charge is 0.254 e. The van der Waals surface area contributed by atoms with Gasteiger partial charge in [-0.2, -0.15) is 5.10 Å². The third-order valence-corrected chi connectivity index (χ3v) is 5.64. The molecule has 0 spiro atoms. The van der Waals surface area contributed by atoms with Crippen molar-refractivity contribution in [2.45, 2.75) is 32.9 Å². The van der Waals surface area contributed by atoms with Gasteiger partial charge >= 0.3 is 0 Å². The zero-order valence-electron chi connectivity index (χ0n) is 17.7. The Hall–Kier alpha value is -3.65. The van der Waals surface area contributed by atoms with Gasteiger partial charge in [-0.25, -0.2) is 9.97 Å². The van der Waals surface area contributed by atoms with Crippen LogP contribution in [0.4, 0.5) is 0 Å². The van der Waals surface area contributed by atoms with Gasteiger partial charge in [0.1, 0.15) is 5.65 Å². The summed E-state index contributed by atoms with van der Waals surface area (Å²) >= 11 is 6.08. The fourth-order valence-electron chi connectivity index (χ4n) is 3.63. The van der Waals surface area contributed by atoms with Gasteiger partial charge in [0.05, 0.1) is 48.1 Å². The van der Waals surface area contributed by atoms with Crippen LogP contribution in [0.25, 0.3) is 11.2 Å². The molecule has 1 amide bonds. The van der Waals surface area contributed by atoms with Crippen LogP contribution in [0.5, 0.6) is 0 Å². The second kappa shape index (κ2) is 8.12. The number of imidazole rings is 2. The largest absolute Gasteiger partial charge is 0.346 e. The number of pyridine rings is 2. The highest BCUT2D eigenvalue weighted by Crippen LogP contribution is 2.17. The van der Waals surface area contributed by atoms with Gasteiger partial charge in [-0.3, -0.25) is 9.48 Å². The van der Waals surface area contributed by atoms with Crippen molar-refractivity contribution in [1.29, 1.82) is 0 Å². The Kier molecular flexibility index (Phi) is 5.14. The number of aromatic nitrogens is 6. The van der Waals surface area contributed by atoms with E-state index in [1.807, 2.05) is 33.3 Å². The monoisotopic (exact) mass is 447 g/mol. The number of hydrogen-bond donors (Lipinski definition) is 1. The SMILES string of the molecule is CC(C)c1ccc2nc(Cn3cc(C(=O)NCc4ncn5ccc(Cl)cc45)cn3)cn2c1. The lowest BCUT2D eigenvalue weighted by Crippen LogP contribution is -2.22. The first-order chi connectivity index (χ1) is 15.5. The van der Waals surface area contributed by atoms with Crippen LogP contribution in [0.3, 0.4) is 0 Å². The summed E-state index contributed by atoms with van der Waals surface area (Å²) in [6.07, 6.45) is 10.9. The fraction of sp³-hybridized carbons (Fsp3) is 0.217. The summed E-state index contributed by atoms with van der Waals surface area (Å²) in [7, 11) is 0. The number of nitrogens with one attached hydrogen (secondary N) is 1. The molecule has 5 aromatic heterocycles. The van der Waals surface area contributed by atoms with Gasteiger partial charge < -0.3 is 14.1 Å². The van der Waals surface area contributed by atoms with Crippen LogP contribution in [0.15, 0.2) is 61.6 Å². The van der Waals surface area contributed by atoms with E-state index in [1.165, 1.54) is 5.56 Å². The number of hydrogen-bond acceptors (Lipinski definition) is 4. The minimum Gasteiger partial charge on any atom is -0.346 e. The van der Waals surface area contributed by atoms with Crippen molar-refractivity contribution in [3.8, 4) is 0 Å². The van der Waals surface area contributed by atoms with Crippen molar-refractivity contribution < 1.29 is 4.79 Å². The first-order valence-electron chi connectivity index (χ1n) is 10.4. The molecule has 0 aromatic carbocycles. The molecular formula is C23H22ClN7O. The van der Waals surface area contributed by atoms with E-state index in [1.54, 1.807) is 29.5 Å². The molecule has 0 unspecified atom stereocenters. The summed E-state index contributed by atoms with van der Waals surface area (Å²) in [6.45, 7) is 5.11. The molecule has 0 bridgehead atoms. The summed E-state index contributed by atoms with van der Waals surface area (Å²) in [6, 6.07) is 7.74. The summed E-state index contributed by atoms with van der Waals surface area (Å²) in [5.41, 5.74) is 5.12. The van der Waals surface area contributed by atoms with E-state index in [4.69, 9.17) is 11.6 Å². The molecule has 8 nitrogen and oxygen atoms in total. The molecule has 0 aliphatic carbocycles. The summed E-state index contributed by atoms with van der Waals surface area (Å²) in [5.74, 6) is 0.241. The van der Waals surface area contributed by atoms with Crippen molar-refractivity contribution in [2.24, 2.45) is 0 Å². The van der Waals surface area contributed by atoms with Crippen LogP contribution < -0.4 is 5.32 Å². The van der Waals surface area contributed by atoms with E-state index in [9.17, 15) is 4.79 Å². The van der Waals surface area contributed by atoms with E-state index in [0.717, 1.165) is 22.6 Å². The summed E-state index contributed by atoms with van der Waals surface area (Å²) in [5, 5.41) is 7.85. The van der Waals surface area contributed by atoms with Gasteiger partial charge in [0.25, 0.3) is 5.91 Å². The van der Waals surface area contributed by atoms with Crippen LogP contribution in [-0.2, 0) is 13.1 Å². The predicted molar refractivity (Wildman–Crippen MR) is 122 cm³/mol. The average molecular weight is 448 g/mol. The van der Waals surface area contributed by atoms with E-state index in [2.05, 4.69) is 46.5 Å². The van der Waals surface area contributed by atoms with Crippen LogP contribution in [-0.4, -0.2) is 34.5 Å². The molecule has 0 aliphatic rings. The number of rotatable bonds is 6. The van der Waals surface area contributed by atoms with Crippen LogP contribution in [0.1, 0.15) is 47.1 Å². The Morgan fingerprint density at radius 2 is 2.03 bits per heavy atom. The fourth-order valence-corrected chi connectivity index (χ4v) is 3.79. The topological polar surface area (TPSA) is 81.5 Å². The van der Waals surface area contributed by atoms with Crippen molar-refractivity contribution in [1.82, 2.24) is 33.9 Å². The number of amides is 1. The first-order valence-corrected chi connectivity index (χ1v) is 10.7. The van der Waals surface area contributed by atoms with Gasteiger partial charge in [0, 0.05) is 29.8 Å². The van der Waals surface area contributed by atoms with Crippen molar-refractivity contribution in [3.05, 3.63) is 89.1 Å². The Morgan fingerprint density at radius 1 is 1.16 bits per heavy atom. The lowest BCUT2D eigenvalue weighted by Gasteiger charge is -2.04. The molecule has 9 heteroatoms. The normalized spacial score (nSPS) is 11.6. The Labute approximate surface area is 189 Å². The zero-order valence-corrected chi connectivity index (χ0v) is 18.5. The zero-order chi connectivity index (χ0) is 22.2. The molecule has 162 valence electrons. The second-order valence-electron chi connectivity index (χ2n) is 8.05. The minimum absolute atomic E-state index is 0.212. The maximum absolute atomic E-state index is 12.6. The molecule has 5 aromatic rings. The third-order valence-electron chi connectivity index (χ3n) is 5.41. The first kappa shape index (κ1) is 20.3. The predicted octanol–water partition coefficient (Wildman–Crippen LogP) is 3.93. The second-order valence-corrected chi connectivity index (χ2v) is 8.49. The highest BCUT2D eigenvalue weighted by Gasteiger charge is 2.12. The molecule has 0 radical (unpaired) electrons. The van der Waals surface area contributed by atoms with Crippen LogP contribution in [0.2, 0.25) is 5.02 Å². The number of carbonyl (C=O) groups is 1. The quantitative estimate of drug-likeness (QED) is 0.427. The summed E-state index contributed by atoms with van der Waals surface area (Å²) in [4.78, 5) is 21.6. The minimum atomic E-state index is -0.212. The van der Waals surface area contributed by atoms with Crippen molar-refractivity contribution >= 4 is 28.7 Å². The number of nitrogens with zero attached hydrogens (tertiary/aromatic N) is 6. The molecule has 0 saturated carbocycles. The van der Waals surface area contributed by atoms with Gasteiger partial charge in [-0.1, -0.05) is 31.5 Å². The maximum atomic E-state index is 12.6. The van der Waals surface area contributed by atoms with E-state index in [-0.39, 0.29) is 5.91 Å². The third kappa shape index (κ3) is 3.97. The standard InChI is InChI=1S/C23H22ClN7O/c1-15(2)16-3-4-22-28-19(12-30(22)10-16)13-31-11-17(8-27-31)23(32)25-9-20-21-7-18(24)5-6-29(21)14-26-20/h3-8,10-12,14-15H,9,13H2,1-2H3,(H,25,32). The van der Waals surface area contributed by atoms with E-state index in [0.29, 0.717) is 29.6 Å². The highest BCUT2D eigenvalue weighted by atomic mass is 35.5. The Morgan fingerprint density at radius 3 is 2.88 bits per heavy atom. The molecular weight excluding hydrogens is 426 g/mol. The van der Waals surface area contributed by atoms with E-state index < -0.39 is 0 Å². The molecule has 0 saturated heterocycles. The number of fused-ring (bicyclic) bond motifs is 2. The van der Waals surface area contributed by atoms with Crippen molar-refractivity contribution in [3.63, 3.8) is 0 Å². The van der Waals surface area contributed by atoms with Gasteiger partial charge in [-0.05, 0) is 29.7 Å². The average Bonchev–Trinajstić information content (AvgIpc) is 3.49. The highest BCUT2D eigenvalue weighted by molar-refractivity contribution is 6.30. The van der Waals surface area contributed by atoms with Gasteiger partial charge in [-0.15, -0.1) is 0 Å². The van der Waals surface area contributed by atoms with Gasteiger partial charge in [0.15, 0.2) is 0 Å². The number of carbonyl (C=O) groups excluding carboxylic acids is 1. The maximum Gasteiger partial charge on any atom is 0.254 e. The molecule has 32 heavy (non-hydrogen) atoms. The molecule has 0 atom stereocenters. The molecule has 5 rings (SSSR count). The van der Waals surface area contributed by atoms with Gasteiger partial charge in [0.2, 0.25) is 0 Å². The molecule has 0 aliphatic heterocycles. The number of halogens is 1. The lowest BCUT2D eigenvalue weighted by atomic mass is 10.1. The van der Waals surface area contributed by atoms with Crippen molar-refractivity contribution in [2.75, 3.05) is 0 Å². The Bertz CT molecular complexity index is 1430. The summed E-state index contributed by atoms with van der Waals surface area (Å²) < 4.78 is 5.61. The lowest BCUT2D eigenvalue weighted by molar-refractivity contribution is 0.0950. The Balaban J connectivity index is 1.26. The van der Waals surface area contributed by atoms with E-state index >= 15 is 0 Å². The molecule has 5 heterocycles.